The summed E-state index contributed by atoms with van der Waals surface area (Å²) in [4.78, 5) is 0. The number of ether oxygens (including phenoxy) is 1. The molecule has 0 aliphatic heterocycles. The van der Waals surface area contributed by atoms with Crippen LogP contribution in [0.1, 0.15) is 57.7 Å². The van der Waals surface area contributed by atoms with Crippen molar-refractivity contribution in [2.24, 2.45) is 5.84 Å². The van der Waals surface area contributed by atoms with Gasteiger partial charge in [0.05, 0.1) is 28.0 Å². The summed E-state index contributed by atoms with van der Waals surface area (Å²) >= 11 is 3.62. The zero-order valence-electron chi connectivity index (χ0n) is 12.4. The summed E-state index contributed by atoms with van der Waals surface area (Å²) in [5, 5.41) is 4.46. The van der Waals surface area contributed by atoms with Crippen molar-refractivity contribution in [1.29, 1.82) is 0 Å². The van der Waals surface area contributed by atoms with Gasteiger partial charge in [0.15, 0.2) is 0 Å². The predicted molar refractivity (Wildman–Crippen MR) is 83.1 cm³/mol. The SMILES string of the molecule is CCCn1ncc(Br)c1C(NN)C1(OCC)CCCC1. The van der Waals surface area contributed by atoms with E-state index < -0.39 is 0 Å². The summed E-state index contributed by atoms with van der Waals surface area (Å²) in [6.45, 7) is 5.79. The van der Waals surface area contributed by atoms with Gasteiger partial charge in [0, 0.05) is 13.2 Å². The average Bonchev–Trinajstić information content (AvgIpc) is 3.03. The fraction of sp³-hybridized carbons (Fsp3) is 0.786. The van der Waals surface area contributed by atoms with Gasteiger partial charge >= 0.3 is 0 Å². The Morgan fingerprint density at radius 1 is 1.50 bits per heavy atom. The van der Waals surface area contributed by atoms with E-state index in [1.807, 2.05) is 17.8 Å². The van der Waals surface area contributed by atoms with E-state index >= 15 is 0 Å². The lowest BCUT2D eigenvalue weighted by atomic mass is 9.89. The maximum absolute atomic E-state index is 6.15. The highest BCUT2D eigenvalue weighted by Gasteiger charge is 2.44. The number of hydrogen-bond donors (Lipinski definition) is 2. The molecule has 3 N–H and O–H groups in total. The molecule has 0 spiro atoms. The van der Waals surface area contributed by atoms with Crippen molar-refractivity contribution >= 4 is 15.9 Å². The van der Waals surface area contributed by atoms with Crippen molar-refractivity contribution in [3.63, 3.8) is 0 Å². The predicted octanol–water partition coefficient (Wildman–Crippen LogP) is 2.91. The first-order chi connectivity index (χ1) is 9.68. The average molecular weight is 345 g/mol. The molecule has 1 aliphatic rings. The Balaban J connectivity index is 2.37. The van der Waals surface area contributed by atoms with Crippen LogP contribution < -0.4 is 11.3 Å². The van der Waals surface area contributed by atoms with Crippen LogP contribution in [0.4, 0.5) is 0 Å². The largest absolute Gasteiger partial charge is 0.373 e. The molecule has 0 aromatic carbocycles. The minimum Gasteiger partial charge on any atom is -0.373 e. The first-order valence-corrected chi connectivity index (χ1v) is 8.29. The maximum atomic E-state index is 6.15. The van der Waals surface area contributed by atoms with Gasteiger partial charge in [0.1, 0.15) is 0 Å². The molecule has 1 aromatic rings. The van der Waals surface area contributed by atoms with Gasteiger partial charge in [-0.25, -0.2) is 5.43 Å². The van der Waals surface area contributed by atoms with E-state index in [-0.39, 0.29) is 11.6 Å². The summed E-state index contributed by atoms with van der Waals surface area (Å²) in [6.07, 6.45) is 7.36. The molecule has 0 radical (unpaired) electrons. The molecule has 1 fully saturated rings. The molecule has 0 amide bonds. The van der Waals surface area contributed by atoms with Crippen LogP contribution in [0.3, 0.4) is 0 Å². The van der Waals surface area contributed by atoms with Crippen LogP contribution in [0.2, 0.25) is 0 Å². The second-order valence-corrected chi connectivity index (χ2v) is 6.26. The third-order valence-corrected chi connectivity index (χ3v) is 4.73. The lowest BCUT2D eigenvalue weighted by Gasteiger charge is -2.37. The number of aryl methyl sites for hydroxylation is 1. The van der Waals surface area contributed by atoms with E-state index in [4.69, 9.17) is 10.6 Å². The highest BCUT2D eigenvalue weighted by atomic mass is 79.9. The summed E-state index contributed by atoms with van der Waals surface area (Å²) in [5.41, 5.74) is 3.89. The van der Waals surface area contributed by atoms with Crippen molar-refractivity contribution in [2.75, 3.05) is 6.61 Å². The van der Waals surface area contributed by atoms with Crippen LogP contribution in [0.15, 0.2) is 10.7 Å². The lowest BCUT2D eigenvalue weighted by Crippen LogP contribution is -2.48. The fourth-order valence-corrected chi connectivity index (χ4v) is 3.83. The smallest absolute Gasteiger partial charge is 0.0929 e. The van der Waals surface area contributed by atoms with Crippen LogP contribution in [0, 0.1) is 0 Å². The summed E-state index contributed by atoms with van der Waals surface area (Å²) in [7, 11) is 0. The zero-order valence-corrected chi connectivity index (χ0v) is 13.9. The molecule has 5 nitrogen and oxygen atoms in total. The molecule has 1 heterocycles. The molecule has 1 saturated carbocycles. The number of rotatable bonds is 7. The maximum Gasteiger partial charge on any atom is 0.0929 e. The Bertz CT molecular complexity index is 429. The van der Waals surface area contributed by atoms with E-state index in [1.54, 1.807) is 0 Å². The van der Waals surface area contributed by atoms with Crippen LogP contribution in [0.25, 0.3) is 0 Å². The Morgan fingerprint density at radius 3 is 2.75 bits per heavy atom. The minimum absolute atomic E-state index is 0.0339. The molecule has 2 rings (SSSR count). The second kappa shape index (κ2) is 7.02. The van der Waals surface area contributed by atoms with Gasteiger partial charge in [0.25, 0.3) is 0 Å². The molecule has 1 atom stereocenters. The molecular weight excluding hydrogens is 320 g/mol. The Hall–Kier alpha value is -0.430. The third-order valence-electron chi connectivity index (χ3n) is 4.12. The van der Waals surface area contributed by atoms with Gasteiger partial charge in [-0.05, 0) is 42.1 Å². The molecule has 0 bridgehead atoms. The number of nitrogens with two attached hydrogens (primary N) is 1. The van der Waals surface area contributed by atoms with Gasteiger partial charge in [-0.15, -0.1) is 0 Å². The topological polar surface area (TPSA) is 65.1 Å². The van der Waals surface area contributed by atoms with E-state index in [2.05, 4.69) is 33.4 Å². The number of aromatic nitrogens is 2. The number of hydrazine groups is 1. The van der Waals surface area contributed by atoms with Crippen LogP contribution in [0.5, 0.6) is 0 Å². The molecule has 1 aromatic heterocycles. The van der Waals surface area contributed by atoms with Crippen molar-refractivity contribution < 1.29 is 4.74 Å². The third kappa shape index (κ3) is 2.93. The van der Waals surface area contributed by atoms with Crippen LogP contribution in [-0.4, -0.2) is 22.0 Å². The highest BCUT2D eigenvalue weighted by Crippen LogP contribution is 2.44. The number of nitrogens with zero attached hydrogens (tertiary/aromatic N) is 2. The zero-order chi connectivity index (χ0) is 14.6. The van der Waals surface area contributed by atoms with E-state index in [0.29, 0.717) is 6.61 Å². The van der Waals surface area contributed by atoms with Crippen LogP contribution >= 0.6 is 15.9 Å². The van der Waals surface area contributed by atoms with Crippen molar-refractivity contribution in [2.45, 2.75) is 64.1 Å². The first kappa shape index (κ1) is 15.9. The van der Waals surface area contributed by atoms with Gasteiger partial charge in [-0.1, -0.05) is 19.8 Å². The number of nitrogens with one attached hydrogen (secondary N) is 1. The quantitative estimate of drug-likeness (QED) is 0.589. The monoisotopic (exact) mass is 344 g/mol. The Morgan fingerprint density at radius 2 is 2.20 bits per heavy atom. The standard InChI is InChI=1S/C14H25BrN4O/c1-3-9-19-12(11(15)10-17-19)13(18-16)14(20-4-2)7-5-6-8-14/h10,13,18H,3-9,16H2,1-2H3. The lowest BCUT2D eigenvalue weighted by molar-refractivity contribution is -0.0647. The van der Waals surface area contributed by atoms with Crippen LogP contribution in [-0.2, 0) is 11.3 Å². The van der Waals surface area contributed by atoms with Gasteiger partial charge < -0.3 is 4.74 Å². The summed E-state index contributed by atoms with van der Waals surface area (Å²) in [6, 6.07) is -0.0339. The summed E-state index contributed by atoms with van der Waals surface area (Å²) < 4.78 is 9.19. The molecule has 0 saturated heterocycles. The van der Waals surface area contributed by atoms with Crippen molar-refractivity contribution in [1.82, 2.24) is 15.2 Å². The Labute approximate surface area is 129 Å². The number of halogens is 1. The molecule has 1 unspecified atom stereocenters. The van der Waals surface area contributed by atoms with E-state index in [9.17, 15) is 0 Å². The first-order valence-electron chi connectivity index (χ1n) is 7.49. The molecule has 1 aliphatic carbocycles. The summed E-state index contributed by atoms with van der Waals surface area (Å²) in [5.74, 6) is 5.90. The minimum atomic E-state index is -0.211. The van der Waals surface area contributed by atoms with Gasteiger partial charge in [-0.2, -0.15) is 5.10 Å². The normalized spacial score (nSPS) is 19.4. The van der Waals surface area contributed by atoms with Gasteiger partial charge in [0.2, 0.25) is 0 Å². The molecule has 114 valence electrons. The Kier molecular flexibility index (Phi) is 5.60. The van der Waals surface area contributed by atoms with Crippen molar-refractivity contribution in [3.05, 3.63) is 16.4 Å². The highest BCUT2D eigenvalue weighted by molar-refractivity contribution is 9.10. The molecule has 20 heavy (non-hydrogen) atoms. The van der Waals surface area contributed by atoms with Crippen molar-refractivity contribution in [3.8, 4) is 0 Å². The van der Waals surface area contributed by atoms with E-state index in [0.717, 1.165) is 36.0 Å². The van der Waals surface area contributed by atoms with Gasteiger partial charge in [-0.3, -0.25) is 10.5 Å². The fourth-order valence-electron chi connectivity index (χ4n) is 3.31. The second-order valence-electron chi connectivity index (χ2n) is 5.41. The number of hydrogen-bond acceptors (Lipinski definition) is 4. The molecule has 6 heteroatoms. The molecular formula is C14H25BrN4O. The van der Waals surface area contributed by atoms with E-state index in [1.165, 1.54) is 12.8 Å².